The zero-order chi connectivity index (χ0) is 18.8. The van der Waals surface area contributed by atoms with Gasteiger partial charge in [0.2, 0.25) is 0 Å². The van der Waals surface area contributed by atoms with Gasteiger partial charge in [-0.05, 0) is 42.5 Å². The van der Waals surface area contributed by atoms with Gasteiger partial charge in [0.05, 0.1) is 27.3 Å². The number of thiophene rings is 1. The lowest BCUT2D eigenvalue weighted by molar-refractivity contribution is 0.352. The fourth-order valence-corrected chi connectivity index (χ4v) is 3.25. The van der Waals surface area contributed by atoms with E-state index in [1.165, 1.54) is 4.88 Å². The Kier molecular flexibility index (Phi) is 8.02. The van der Waals surface area contributed by atoms with Gasteiger partial charge in [-0.2, -0.15) is 0 Å². The molecule has 1 heterocycles. The molecule has 140 valence electrons. The highest BCUT2D eigenvalue weighted by molar-refractivity contribution is 7.09. The highest BCUT2D eigenvalue weighted by Crippen LogP contribution is 2.33. The van der Waals surface area contributed by atoms with E-state index in [2.05, 4.69) is 47.7 Å². The molecule has 0 aliphatic carbocycles. The number of nitrogens with one attached hydrogen (secondary N) is 2. The third-order valence-electron chi connectivity index (χ3n) is 3.75. The fraction of sp³-hybridized carbons (Fsp3) is 0.350. The van der Waals surface area contributed by atoms with E-state index in [0.29, 0.717) is 18.7 Å². The molecule has 0 unspecified atom stereocenters. The van der Waals surface area contributed by atoms with E-state index in [9.17, 15) is 0 Å². The van der Waals surface area contributed by atoms with Gasteiger partial charge in [0.25, 0.3) is 0 Å². The molecule has 0 aliphatic rings. The second-order valence-corrected chi connectivity index (χ2v) is 6.64. The number of ether oxygens (including phenoxy) is 2. The molecule has 0 spiro atoms. The predicted octanol–water partition coefficient (Wildman–Crippen LogP) is 3.75. The Balaban J connectivity index is 2.16. The first-order valence-corrected chi connectivity index (χ1v) is 9.49. The first-order valence-electron chi connectivity index (χ1n) is 8.61. The van der Waals surface area contributed by atoms with E-state index in [0.717, 1.165) is 35.9 Å². The Morgan fingerprint density at radius 1 is 1.27 bits per heavy atom. The normalized spacial score (nSPS) is 11.1. The van der Waals surface area contributed by atoms with Crippen LogP contribution in [-0.4, -0.2) is 26.7 Å². The lowest BCUT2D eigenvalue weighted by Crippen LogP contribution is -2.36. The van der Waals surface area contributed by atoms with Crippen molar-refractivity contribution in [1.82, 2.24) is 10.6 Å². The summed E-state index contributed by atoms with van der Waals surface area (Å²) >= 11 is 1.73. The predicted molar refractivity (Wildman–Crippen MR) is 109 cm³/mol. The van der Waals surface area contributed by atoms with E-state index in [4.69, 9.17) is 14.5 Å². The smallest absolute Gasteiger partial charge is 0.191 e. The van der Waals surface area contributed by atoms with Crippen molar-refractivity contribution in [3.63, 3.8) is 0 Å². The van der Waals surface area contributed by atoms with Crippen molar-refractivity contribution in [1.29, 1.82) is 0 Å². The molecule has 5 nitrogen and oxygen atoms in total. The van der Waals surface area contributed by atoms with Crippen LogP contribution in [0.1, 0.15) is 22.9 Å². The Labute approximate surface area is 159 Å². The number of benzene rings is 1. The molecule has 2 aromatic rings. The lowest BCUT2D eigenvalue weighted by Gasteiger charge is -2.14. The maximum atomic E-state index is 5.49. The minimum absolute atomic E-state index is 0.546. The summed E-state index contributed by atoms with van der Waals surface area (Å²) in [6, 6.07) is 8.22. The van der Waals surface area contributed by atoms with Crippen molar-refractivity contribution in [2.45, 2.75) is 26.4 Å². The Morgan fingerprint density at radius 2 is 2.12 bits per heavy atom. The van der Waals surface area contributed by atoms with Crippen molar-refractivity contribution in [3.8, 4) is 11.5 Å². The summed E-state index contributed by atoms with van der Waals surface area (Å²) in [5.74, 6) is 2.26. The molecule has 1 aromatic heterocycles. The summed E-state index contributed by atoms with van der Waals surface area (Å²) in [7, 11) is 3.30. The van der Waals surface area contributed by atoms with Crippen LogP contribution in [0.15, 0.2) is 47.3 Å². The van der Waals surface area contributed by atoms with Gasteiger partial charge in [0, 0.05) is 17.0 Å². The van der Waals surface area contributed by atoms with Gasteiger partial charge in [-0.15, -0.1) is 17.9 Å². The fourth-order valence-electron chi connectivity index (χ4n) is 2.60. The third kappa shape index (κ3) is 5.52. The molecule has 0 saturated carbocycles. The summed E-state index contributed by atoms with van der Waals surface area (Å²) < 4.78 is 11.0. The van der Waals surface area contributed by atoms with Crippen LogP contribution >= 0.6 is 11.3 Å². The molecular formula is C20H27N3O2S. The van der Waals surface area contributed by atoms with Crippen LogP contribution in [0.25, 0.3) is 0 Å². The molecule has 0 fully saturated rings. The van der Waals surface area contributed by atoms with E-state index in [1.807, 2.05) is 12.1 Å². The summed E-state index contributed by atoms with van der Waals surface area (Å²) in [6.45, 7) is 7.99. The number of rotatable bonds is 9. The molecule has 0 aliphatic heterocycles. The molecule has 1 aromatic carbocycles. The zero-order valence-electron chi connectivity index (χ0n) is 15.7. The second-order valence-electron chi connectivity index (χ2n) is 5.61. The van der Waals surface area contributed by atoms with Crippen molar-refractivity contribution in [3.05, 3.63) is 58.3 Å². The number of methoxy groups -OCH3 is 2. The molecule has 0 radical (unpaired) electrons. The van der Waals surface area contributed by atoms with Crippen LogP contribution in [0.4, 0.5) is 0 Å². The van der Waals surface area contributed by atoms with Crippen LogP contribution < -0.4 is 20.1 Å². The van der Waals surface area contributed by atoms with Crippen molar-refractivity contribution < 1.29 is 9.47 Å². The van der Waals surface area contributed by atoms with Gasteiger partial charge in [0.15, 0.2) is 17.5 Å². The van der Waals surface area contributed by atoms with Crippen LogP contribution in [0.5, 0.6) is 11.5 Å². The van der Waals surface area contributed by atoms with E-state index in [-0.39, 0.29) is 0 Å². The van der Waals surface area contributed by atoms with E-state index < -0.39 is 0 Å². The molecule has 0 saturated heterocycles. The number of aliphatic imine (C=N–C) groups is 1. The molecule has 26 heavy (non-hydrogen) atoms. The van der Waals surface area contributed by atoms with Crippen molar-refractivity contribution in [2.75, 3.05) is 20.8 Å². The number of hydrogen-bond donors (Lipinski definition) is 2. The van der Waals surface area contributed by atoms with Gasteiger partial charge in [-0.25, -0.2) is 4.99 Å². The highest BCUT2D eigenvalue weighted by Gasteiger charge is 2.11. The van der Waals surface area contributed by atoms with Crippen LogP contribution in [-0.2, 0) is 19.5 Å². The van der Waals surface area contributed by atoms with Crippen LogP contribution in [0, 0.1) is 0 Å². The molecule has 2 rings (SSSR count). The Morgan fingerprint density at radius 3 is 2.73 bits per heavy atom. The van der Waals surface area contributed by atoms with Gasteiger partial charge >= 0.3 is 0 Å². The molecule has 6 heteroatoms. The topological polar surface area (TPSA) is 54.9 Å². The second kappa shape index (κ2) is 10.5. The minimum Gasteiger partial charge on any atom is -0.493 e. The maximum Gasteiger partial charge on any atom is 0.191 e. The SMILES string of the molecule is C=CCc1cc(CN=C(NCC)NCc2cccs2)cc(OC)c1OC. The number of nitrogens with zero attached hydrogens (tertiary/aromatic N) is 1. The monoisotopic (exact) mass is 373 g/mol. The quantitative estimate of drug-likeness (QED) is 0.399. The standard InChI is InChI=1S/C20H27N3O2S/c1-5-8-16-11-15(12-18(24-3)19(16)25-4)13-22-20(21-6-2)23-14-17-9-7-10-26-17/h5,7,9-12H,1,6,8,13-14H2,2-4H3,(H2,21,22,23). The largest absolute Gasteiger partial charge is 0.493 e. The van der Waals surface area contributed by atoms with Crippen LogP contribution in [0.3, 0.4) is 0 Å². The molecule has 0 bridgehead atoms. The third-order valence-corrected chi connectivity index (χ3v) is 4.63. The number of hydrogen-bond acceptors (Lipinski definition) is 4. The van der Waals surface area contributed by atoms with Crippen molar-refractivity contribution in [2.24, 2.45) is 4.99 Å². The summed E-state index contributed by atoms with van der Waals surface area (Å²) in [5, 5.41) is 8.71. The molecule has 2 N–H and O–H groups in total. The Bertz CT molecular complexity index is 727. The average Bonchev–Trinajstić information content (AvgIpc) is 3.17. The minimum atomic E-state index is 0.546. The average molecular weight is 374 g/mol. The Hall–Kier alpha value is -2.47. The van der Waals surface area contributed by atoms with E-state index in [1.54, 1.807) is 25.6 Å². The van der Waals surface area contributed by atoms with Crippen LogP contribution in [0.2, 0.25) is 0 Å². The molecule has 0 atom stereocenters. The summed E-state index contributed by atoms with van der Waals surface area (Å²) in [5.41, 5.74) is 2.11. The van der Waals surface area contributed by atoms with Gasteiger partial charge in [-0.3, -0.25) is 0 Å². The first-order chi connectivity index (χ1) is 12.7. The summed E-state index contributed by atoms with van der Waals surface area (Å²) in [6.07, 6.45) is 2.57. The molecule has 0 amide bonds. The zero-order valence-corrected chi connectivity index (χ0v) is 16.5. The molecular weight excluding hydrogens is 346 g/mol. The summed E-state index contributed by atoms with van der Waals surface area (Å²) in [4.78, 5) is 5.97. The van der Waals surface area contributed by atoms with Crippen molar-refractivity contribution >= 4 is 17.3 Å². The van der Waals surface area contributed by atoms with Gasteiger partial charge in [0.1, 0.15) is 0 Å². The van der Waals surface area contributed by atoms with E-state index >= 15 is 0 Å². The maximum absolute atomic E-state index is 5.49. The van der Waals surface area contributed by atoms with Gasteiger partial charge in [-0.1, -0.05) is 12.1 Å². The highest BCUT2D eigenvalue weighted by atomic mass is 32.1. The lowest BCUT2D eigenvalue weighted by atomic mass is 10.1. The number of guanidine groups is 1. The van der Waals surface area contributed by atoms with Gasteiger partial charge < -0.3 is 20.1 Å². The first kappa shape index (κ1) is 19.8. The number of allylic oxidation sites excluding steroid dienone is 1.